The first-order valence-electron chi connectivity index (χ1n) is 7.00. The summed E-state index contributed by atoms with van der Waals surface area (Å²) in [6, 6.07) is 0.273. The standard InChI is InChI=1S/C14H27NO4/c1-10(2)15(11(3)4)13(16)17-8-7-12-9-18-14(5,6)19-12/h10-12H,7-9H2,1-6H3/t12-/m0/s1. The minimum Gasteiger partial charge on any atom is -0.449 e. The number of ether oxygens (including phenoxy) is 3. The molecule has 1 atom stereocenters. The molecule has 19 heavy (non-hydrogen) atoms. The maximum atomic E-state index is 12.0. The van der Waals surface area contributed by atoms with Gasteiger partial charge in [-0.2, -0.15) is 0 Å². The highest BCUT2D eigenvalue weighted by Crippen LogP contribution is 2.24. The van der Waals surface area contributed by atoms with Crippen molar-refractivity contribution in [2.45, 2.75) is 71.9 Å². The molecule has 0 radical (unpaired) electrons. The zero-order valence-corrected chi connectivity index (χ0v) is 12.9. The molecule has 0 unspecified atom stereocenters. The molecule has 1 amide bonds. The van der Waals surface area contributed by atoms with Gasteiger partial charge in [0, 0.05) is 18.5 Å². The Hall–Kier alpha value is -0.810. The number of hydrogen-bond acceptors (Lipinski definition) is 4. The monoisotopic (exact) mass is 273 g/mol. The van der Waals surface area contributed by atoms with Crippen LogP contribution in [-0.2, 0) is 14.2 Å². The molecule has 0 spiro atoms. The zero-order valence-electron chi connectivity index (χ0n) is 12.9. The Kier molecular flexibility index (Phi) is 5.62. The van der Waals surface area contributed by atoms with Crippen molar-refractivity contribution in [1.29, 1.82) is 0 Å². The van der Waals surface area contributed by atoms with Crippen LogP contribution >= 0.6 is 0 Å². The Labute approximate surface area is 116 Å². The molecule has 1 aliphatic rings. The van der Waals surface area contributed by atoms with E-state index in [1.54, 1.807) is 4.90 Å². The number of hydrogen-bond donors (Lipinski definition) is 0. The fourth-order valence-electron chi connectivity index (χ4n) is 2.28. The second-order valence-corrected chi connectivity index (χ2v) is 5.95. The van der Waals surface area contributed by atoms with Crippen molar-refractivity contribution < 1.29 is 19.0 Å². The van der Waals surface area contributed by atoms with Gasteiger partial charge in [0.05, 0.1) is 19.3 Å². The molecule has 112 valence electrons. The van der Waals surface area contributed by atoms with E-state index in [2.05, 4.69) is 0 Å². The van der Waals surface area contributed by atoms with Crippen molar-refractivity contribution in [1.82, 2.24) is 4.90 Å². The van der Waals surface area contributed by atoms with Gasteiger partial charge >= 0.3 is 6.09 Å². The fourth-order valence-corrected chi connectivity index (χ4v) is 2.28. The number of rotatable bonds is 5. The van der Waals surface area contributed by atoms with Gasteiger partial charge in [0.25, 0.3) is 0 Å². The third kappa shape index (κ3) is 4.99. The zero-order chi connectivity index (χ0) is 14.6. The van der Waals surface area contributed by atoms with Crippen LogP contribution in [0.5, 0.6) is 0 Å². The van der Waals surface area contributed by atoms with E-state index in [9.17, 15) is 4.79 Å². The Morgan fingerprint density at radius 3 is 2.32 bits per heavy atom. The lowest BCUT2D eigenvalue weighted by molar-refractivity contribution is -0.139. The average Bonchev–Trinajstić information content (AvgIpc) is 2.57. The highest BCUT2D eigenvalue weighted by Gasteiger charge is 2.32. The van der Waals surface area contributed by atoms with Crippen LogP contribution in [0.25, 0.3) is 0 Å². The lowest BCUT2D eigenvalue weighted by Gasteiger charge is -2.29. The predicted octanol–water partition coefficient (Wildman–Crippen LogP) is 2.78. The van der Waals surface area contributed by atoms with Gasteiger partial charge in [-0.05, 0) is 41.5 Å². The maximum Gasteiger partial charge on any atom is 0.410 e. The van der Waals surface area contributed by atoms with Gasteiger partial charge in [-0.15, -0.1) is 0 Å². The van der Waals surface area contributed by atoms with E-state index in [4.69, 9.17) is 14.2 Å². The highest BCUT2D eigenvalue weighted by molar-refractivity contribution is 5.68. The largest absolute Gasteiger partial charge is 0.449 e. The lowest BCUT2D eigenvalue weighted by atomic mass is 10.2. The molecule has 0 bridgehead atoms. The summed E-state index contributed by atoms with van der Waals surface area (Å²) in [5.41, 5.74) is 0. The van der Waals surface area contributed by atoms with Gasteiger partial charge in [-0.1, -0.05) is 0 Å². The van der Waals surface area contributed by atoms with Crippen molar-refractivity contribution in [3.8, 4) is 0 Å². The van der Waals surface area contributed by atoms with Crippen LogP contribution in [0.1, 0.15) is 48.0 Å². The molecule has 0 aromatic heterocycles. The van der Waals surface area contributed by atoms with Gasteiger partial charge in [0.1, 0.15) is 0 Å². The summed E-state index contributed by atoms with van der Waals surface area (Å²) in [5, 5.41) is 0. The van der Waals surface area contributed by atoms with E-state index in [0.29, 0.717) is 19.6 Å². The van der Waals surface area contributed by atoms with Gasteiger partial charge < -0.3 is 19.1 Å². The number of carbonyl (C=O) groups is 1. The molecule has 1 fully saturated rings. The van der Waals surface area contributed by atoms with Crippen LogP contribution in [0, 0.1) is 0 Å². The van der Waals surface area contributed by atoms with Crippen LogP contribution in [0.3, 0.4) is 0 Å². The molecule has 1 heterocycles. The van der Waals surface area contributed by atoms with Crippen LogP contribution in [0.4, 0.5) is 4.79 Å². The molecule has 1 rings (SSSR count). The molecule has 0 aromatic carbocycles. The topological polar surface area (TPSA) is 48.0 Å². The molecule has 0 saturated carbocycles. The van der Waals surface area contributed by atoms with Gasteiger partial charge in [-0.3, -0.25) is 0 Å². The summed E-state index contributed by atoms with van der Waals surface area (Å²) in [6.07, 6.45) is 0.414. The average molecular weight is 273 g/mol. The minimum atomic E-state index is -0.517. The number of carbonyl (C=O) groups excluding carboxylic acids is 1. The van der Waals surface area contributed by atoms with Crippen LogP contribution in [-0.4, -0.2) is 48.2 Å². The summed E-state index contributed by atoms with van der Waals surface area (Å²) in [7, 11) is 0. The smallest absolute Gasteiger partial charge is 0.410 e. The van der Waals surface area contributed by atoms with Crippen LogP contribution < -0.4 is 0 Å². The second-order valence-electron chi connectivity index (χ2n) is 5.95. The van der Waals surface area contributed by atoms with E-state index < -0.39 is 5.79 Å². The molecule has 0 N–H and O–H groups in total. The quantitative estimate of drug-likeness (QED) is 0.773. The summed E-state index contributed by atoms with van der Waals surface area (Å²) in [5.74, 6) is -0.517. The Morgan fingerprint density at radius 1 is 1.32 bits per heavy atom. The van der Waals surface area contributed by atoms with Gasteiger partial charge in [-0.25, -0.2) is 4.79 Å². The van der Waals surface area contributed by atoms with Gasteiger partial charge in [0.15, 0.2) is 5.79 Å². The normalized spacial score (nSPS) is 22.0. The summed E-state index contributed by atoms with van der Waals surface area (Å²) >= 11 is 0. The number of nitrogens with zero attached hydrogens (tertiary/aromatic N) is 1. The molecular formula is C14H27NO4. The predicted molar refractivity (Wildman–Crippen MR) is 73.0 cm³/mol. The minimum absolute atomic E-state index is 0.00866. The third-order valence-electron chi connectivity index (χ3n) is 3.06. The number of amides is 1. The first-order chi connectivity index (χ1) is 8.73. The first kappa shape index (κ1) is 16.2. The Balaban J connectivity index is 2.31. The van der Waals surface area contributed by atoms with Crippen molar-refractivity contribution in [3.05, 3.63) is 0 Å². The molecule has 0 aliphatic carbocycles. The van der Waals surface area contributed by atoms with Crippen molar-refractivity contribution >= 4 is 6.09 Å². The van der Waals surface area contributed by atoms with E-state index in [1.165, 1.54) is 0 Å². The maximum absolute atomic E-state index is 12.0. The lowest BCUT2D eigenvalue weighted by Crippen LogP contribution is -2.42. The van der Waals surface area contributed by atoms with E-state index in [-0.39, 0.29) is 24.3 Å². The van der Waals surface area contributed by atoms with E-state index in [1.807, 2.05) is 41.5 Å². The Morgan fingerprint density at radius 2 is 1.89 bits per heavy atom. The SMILES string of the molecule is CC(C)N(C(=O)OCC[C@H]1COC(C)(C)O1)C(C)C. The molecule has 0 aromatic rings. The first-order valence-corrected chi connectivity index (χ1v) is 7.00. The highest BCUT2D eigenvalue weighted by atomic mass is 16.7. The summed E-state index contributed by atoms with van der Waals surface area (Å²) in [4.78, 5) is 13.7. The molecule has 5 nitrogen and oxygen atoms in total. The fraction of sp³-hybridized carbons (Fsp3) is 0.929. The summed E-state index contributed by atoms with van der Waals surface area (Å²) in [6.45, 7) is 12.6. The molecule has 1 aliphatic heterocycles. The molecule has 5 heteroatoms. The van der Waals surface area contributed by atoms with Gasteiger partial charge in [0.2, 0.25) is 0 Å². The third-order valence-corrected chi connectivity index (χ3v) is 3.06. The van der Waals surface area contributed by atoms with Crippen LogP contribution in [0.2, 0.25) is 0 Å². The van der Waals surface area contributed by atoms with Crippen molar-refractivity contribution in [2.75, 3.05) is 13.2 Å². The van der Waals surface area contributed by atoms with E-state index >= 15 is 0 Å². The second kappa shape index (κ2) is 6.57. The van der Waals surface area contributed by atoms with Crippen LogP contribution in [0.15, 0.2) is 0 Å². The van der Waals surface area contributed by atoms with E-state index in [0.717, 1.165) is 0 Å². The Bertz CT molecular complexity index is 294. The molecular weight excluding hydrogens is 246 g/mol. The molecule has 1 saturated heterocycles. The van der Waals surface area contributed by atoms with Crippen molar-refractivity contribution in [3.63, 3.8) is 0 Å². The summed E-state index contributed by atoms with van der Waals surface area (Å²) < 4.78 is 16.4. The van der Waals surface area contributed by atoms with Crippen molar-refractivity contribution in [2.24, 2.45) is 0 Å².